The Bertz CT molecular complexity index is 814. The number of ether oxygens (including phenoxy) is 2. The van der Waals surface area contributed by atoms with Crippen LogP contribution in [-0.4, -0.2) is 51.3 Å². The van der Waals surface area contributed by atoms with Crippen molar-refractivity contribution in [2.75, 3.05) is 50.6 Å². The normalized spacial score (nSPS) is 14.1. The Morgan fingerprint density at radius 2 is 1.70 bits per heavy atom. The molecule has 0 atom stereocenters. The van der Waals surface area contributed by atoms with Crippen LogP contribution in [0.25, 0.3) is 0 Å². The summed E-state index contributed by atoms with van der Waals surface area (Å²) in [5, 5.41) is 2.94. The number of methoxy groups -OCH3 is 2. The van der Waals surface area contributed by atoms with Crippen molar-refractivity contribution >= 4 is 17.4 Å². The highest BCUT2D eigenvalue weighted by atomic mass is 16.5. The zero-order chi connectivity index (χ0) is 19.4. The number of nitrogens with zero attached hydrogens (tertiary/aromatic N) is 2. The molecule has 1 heterocycles. The van der Waals surface area contributed by atoms with Gasteiger partial charge in [-0.05, 0) is 43.2 Å². The van der Waals surface area contributed by atoms with Gasteiger partial charge in [0, 0.05) is 37.9 Å². The van der Waals surface area contributed by atoms with E-state index >= 15 is 0 Å². The predicted octanol–water partition coefficient (Wildman–Crippen LogP) is 3.67. The van der Waals surface area contributed by atoms with Crippen LogP contribution >= 0.6 is 0 Å². The number of carbonyl (C=O) groups excluding carboxylic acids is 1. The second-order valence-corrected chi connectivity index (χ2v) is 6.76. The molecule has 1 saturated heterocycles. The summed E-state index contributed by atoms with van der Waals surface area (Å²) in [7, 11) is 3.18. The standard InChI is InChI=1S/C21H27N3O3/c1-15-5-6-16(2)19(13-15)23-9-11-24(12-10-23)21(25)22-18-14-17(26-3)7-8-20(18)27-4/h5-8,13-14H,9-12H2,1-4H3,(H,22,25). The Kier molecular flexibility index (Phi) is 5.74. The summed E-state index contributed by atoms with van der Waals surface area (Å²) in [5.74, 6) is 1.28. The molecule has 0 spiro atoms. The van der Waals surface area contributed by atoms with Crippen molar-refractivity contribution in [3.05, 3.63) is 47.5 Å². The number of aryl methyl sites for hydroxylation is 2. The molecule has 27 heavy (non-hydrogen) atoms. The molecule has 2 aromatic carbocycles. The van der Waals surface area contributed by atoms with Crippen LogP contribution in [0.2, 0.25) is 0 Å². The Hall–Kier alpha value is -2.89. The number of piperazine rings is 1. The van der Waals surface area contributed by atoms with E-state index in [1.807, 2.05) is 4.90 Å². The molecule has 1 N–H and O–H groups in total. The second kappa shape index (κ2) is 8.20. The average Bonchev–Trinajstić information content (AvgIpc) is 2.69. The van der Waals surface area contributed by atoms with E-state index in [4.69, 9.17) is 9.47 Å². The molecule has 0 unspecified atom stereocenters. The van der Waals surface area contributed by atoms with Crippen molar-refractivity contribution in [2.24, 2.45) is 0 Å². The minimum atomic E-state index is -0.123. The number of carbonyl (C=O) groups is 1. The third-order valence-corrected chi connectivity index (χ3v) is 4.92. The molecule has 6 nitrogen and oxygen atoms in total. The zero-order valence-electron chi connectivity index (χ0n) is 16.4. The topological polar surface area (TPSA) is 54.0 Å². The largest absolute Gasteiger partial charge is 0.497 e. The fraction of sp³-hybridized carbons (Fsp3) is 0.381. The van der Waals surface area contributed by atoms with E-state index in [-0.39, 0.29) is 6.03 Å². The molecule has 6 heteroatoms. The highest BCUT2D eigenvalue weighted by Crippen LogP contribution is 2.29. The molecule has 0 saturated carbocycles. The van der Waals surface area contributed by atoms with E-state index in [9.17, 15) is 4.79 Å². The van der Waals surface area contributed by atoms with Crippen molar-refractivity contribution in [1.29, 1.82) is 0 Å². The molecule has 0 aromatic heterocycles. The summed E-state index contributed by atoms with van der Waals surface area (Å²) >= 11 is 0. The van der Waals surface area contributed by atoms with Gasteiger partial charge in [0.05, 0.1) is 19.9 Å². The van der Waals surface area contributed by atoms with E-state index in [2.05, 4.69) is 42.3 Å². The number of amides is 2. The average molecular weight is 369 g/mol. The molecule has 1 aliphatic rings. The summed E-state index contributed by atoms with van der Waals surface area (Å²) in [5.41, 5.74) is 4.38. The van der Waals surface area contributed by atoms with E-state index in [1.165, 1.54) is 16.8 Å². The highest BCUT2D eigenvalue weighted by molar-refractivity contribution is 5.91. The van der Waals surface area contributed by atoms with E-state index in [0.717, 1.165) is 13.1 Å². The maximum absolute atomic E-state index is 12.7. The van der Waals surface area contributed by atoms with Crippen molar-refractivity contribution in [2.45, 2.75) is 13.8 Å². The molecule has 2 amide bonds. The molecule has 0 aliphatic carbocycles. The summed E-state index contributed by atoms with van der Waals surface area (Å²) in [4.78, 5) is 16.9. The van der Waals surface area contributed by atoms with Crippen LogP contribution in [0, 0.1) is 13.8 Å². The highest BCUT2D eigenvalue weighted by Gasteiger charge is 2.23. The van der Waals surface area contributed by atoms with Crippen LogP contribution in [0.3, 0.4) is 0 Å². The van der Waals surface area contributed by atoms with Crippen molar-refractivity contribution in [3.63, 3.8) is 0 Å². The van der Waals surface area contributed by atoms with Gasteiger partial charge in [-0.3, -0.25) is 0 Å². The maximum atomic E-state index is 12.7. The van der Waals surface area contributed by atoms with Crippen LogP contribution in [-0.2, 0) is 0 Å². The molecule has 0 radical (unpaired) electrons. The summed E-state index contributed by atoms with van der Waals surface area (Å²) in [6, 6.07) is 11.7. The minimum absolute atomic E-state index is 0.123. The maximum Gasteiger partial charge on any atom is 0.322 e. The van der Waals surface area contributed by atoms with Crippen molar-refractivity contribution < 1.29 is 14.3 Å². The number of urea groups is 1. The minimum Gasteiger partial charge on any atom is -0.497 e. The molecule has 1 fully saturated rings. The molecular formula is C21H27N3O3. The Morgan fingerprint density at radius 1 is 0.963 bits per heavy atom. The monoisotopic (exact) mass is 369 g/mol. The van der Waals surface area contributed by atoms with Gasteiger partial charge in [0.25, 0.3) is 0 Å². The van der Waals surface area contributed by atoms with Gasteiger partial charge in [0.15, 0.2) is 0 Å². The third kappa shape index (κ3) is 4.27. The zero-order valence-corrected chi connectivity index (χ0v) is 16.4. The van der Waals surface area contributed by atoms with Crippen LogP contribution in [0.4, 0.5) is 16.2 Å². The Labute approximate surface area is 160 Å². The number of hydrogen-bond donors (Lipinski definition) is 1. The molecule has 3 rings (SSSR count). The van der Waals surface area contributed by atoms with E-state index < -0.39 is 0 Å². The quantitative estimate of drug-likeness (QED) is 0.893. The summed E-state index contributed by atoms with van der Waals surface area (Å²) in [6.07, 6.45) is 0. The predicted molar refractivity (Wildman–Crippen MR) is 108 cm³/mol. The van der Waals surface area contributed by atoms with Gasteiger partial charge in [-0.25, -0.2) is 4.79 Å². The Morgan fingerprint density at radius 3 is 2.37 bits per heavy atom. The lowest BCUT2D eigenvalue weighted by atomic mass is 10.1. The molecule has 2 aromatic rings. The van der Waals surface area contributed by atoms with E-state index in [0.29, 0.717) is 30.3 Å². The Balaban J connectivity index is 1.64. The first-order valence-corrected chi connectivity index (χ1v) is 9.12. The third-order valence-electron chi connectivity index (χ3n) is 4.92. The lowest BCUT2D eigenvalue weighted by Gasteiger charge is -2.37. The number of nitrogens with one attached hydrogen (secondary N) is 1. The summed E-state index contributed by atoms with van der Waals surface area (Å²) in [6.45, 7) is 7.20. The molecule has 144 valence electrons. The van der Waals surface area contributed by atoms with Gasteiger partial charge in [-0.2, -0.15) is 0 Å². The summed E-state index contributed by atoms with van der Waals surface area (Å²) < 4.78 is 10.6. The number of hydrogen-bond acceptors (Lipinski definition) is 4. The fourth-order valence-corrected chi connectivity index (χ4v) is 3.32. The SMILES string of the molecule is COc1ccc(OC)c(NC(=O)N2CCN(c3cc(C)ccc3C)CC2)c1. The first kappa shape index (κ1) is 18.9. The van der Waals surface area contributed by atoms with Gasteiger partial charge in [0.2, 0.25) is 0 Å². The van der Waals surface area contributed by atoms with Crippen LogP contribution in [0.15, 0.2) is 36.4 Å². The van der Waals surface area contributed by atoms with Gasteiger partial charge < -0.3 is 24.6 Å². The second-order valence-electron chi connectivity index (χ2n) is 6.76. The van der Waals surface area contributed by atoms with Crippen molar-refractivity contribution in [3.8, 4) is 11.5 Å². The van der Waals surface area contributed by atoms with Crippen LogP contribution in [0.5, 0.6) is 11.5 Å². The number of anilines is 2. The smallest absolute Gasteiger partial charge is 0.322 e. The van der Waals surface area contributed by atoms with E-state index in [1.54, 1.807) is 32.4 Å². The molecule has 1 aliphatic heterocycles. The van der Waals surface area contributed by atoms with Crippen molar-refractivity contribution in [1.82, 2.24) is 4.90 Å². The first-order chi connectivity index (χ1) is 13.0. The number of rotatable bonds is 4. The lowest BCUT2D eigenvalue weighted by molar-refractivity contribution is 0.208. The van der Waals surface area contributed by atoms with Crippen LogP contribution < -0.4 is 19.7 Å². The fourth-order valence-electron chi connectivity index (χ4n) is 3.32. The van der Waals surface area contributed by atoms with Gasteiger partial charge >= 0.3 is 6.03 Å². The van der Waals surface area contributed by atoms with Gasteiger partial charge in [-0.15, -0.1) is 0 Å². The first-order valence-electron chi connectivity index (χ1n) is 9.12. The van der Waals surface area contributed by atoms with Gasteiger partial charge in [-0.1, -0.05) is 12.1 Å². The van der Waals surface area contributed by atoms with Crippen LogP contribution in [0.1, 0.15) is 11.1 Å². The van der Waals surface area contributed by atoms with Gasteiger partial charge in [0.1, 0.15) is 11.5 Å². The lowest BCUT2D eigenvalue weighted by Crippen LogP contribution is -2.50. The molecular weight excluding hydrogens is 342 g/mol. The molecule has 0 bridgehead atoms. The number of benzene rings is 2.